The number of β-lactam (4-membered cyclic amide) rings is 1. The number of benzene rings is 2. The van der Waals surface area contributed by atoms with Crippen LogP contribution in [0, 0.1) is 5.41 Å². The molecule has 0 aromatic heterocycles. The Hall–Kier alpha value is -3.76. The lowest BCUT2D eigenvalue weighted by atomic mass is 9.66. The molecule has 234 valence electrons. The number of ether oxygens (including phenoxy) is 1. The molecule has 4 fully saturated rings. The zero-order valence-electron chi connectivity index (χ0n) is 25.5. The van der Waals surface area contributed by atoms with Gasteiger partial charge in [0.05, 0.1) is 11.3 Å². The number of hydrogen-bond acceptors (Lipinski definition) is 6. The molecule has 1 N–H and O–H groups in total. The van der Waals surface area contributed by atoms with E-state index >= 15 is 0 Å². The first-order chi connectivity index (χ1) is 21.4. The third-order valence-corrected chi connectivity index (χ3v) is 9.88. The van der Waals surface area contributed by atoms with E-state index in [1.165, 1.54) is 0 Å². The van der Waals surface area contributed by atoms with Crippen molar-refractivity contribution in [3.63, 3.8) is 0 Å². The number of nitrogens with zero attached hydrogens (tertiary/aromatic N) is 4. The van der Waals surface area contributed by atoms with Crippen molar-refractivity contribution in [1.82, 2.24) is 24.9 Å². The van der Waals surface area contributed by atoms with Gasteiger partial charge in [0, 0.05) is 32.7 Å². The summed E-state index contributed by atoms with van der Waals surface area (Å²) in [5, 5.41) is 3.00. The third-order valence-electron chi connectivity index (χ3n) is 9.88. The van der Waals surface area contributed by atoms with Gasteiger partial charge in [-0.25, -0.2) is 9.69 Å². The van der Waals surface area contributed by atoms with Crippen molar-refractivity contribution in [2.45, 2.75) is 63.3 Å². The van der Waals surface area contributed by atoms with Crippen molar-refractivity contribution in [2.24, 2.45) is 5.41 Å². The van der Waals surface area contributed by atoms with E-state index in [1.54, 1.807) is 9.80 Å². The first kappa shape index (κ1) is 30.3. The molecule has 1 aliphatic carbocycles. The molecule has 4 aliphatic rings. The molecule has 1 unspecified atom stereocenters. The minimum absolute atomic E-state index is 0.0885. The van der Waals surface area contributed by atoms with Crippen molar-refractivity contribution < 1.29 is 23.9 Å². The van der Waals surface area contributed by atoms with Crippen LogP contribution >= 0.6 is 0 Å². The Morgan fingerprint density at radius 3 is 2.09 bits per heavy atom. The van der Waals surface area contributed by atoms with Gasteiger partial charge >= 0.3 is 6.03 Å². The highest BCUT2D eigenvalue weighted by Crippen LogP contribution is 2.50. The summed E-state index contributed by atoms with van der Waals surface area (Å²) < 4.78 is 6.17. The largest absolute Gasteiger partial charge is 0.347 e. The highest BCUT2D eigenvalue weighted by atomic mass is 16.5. The van der Waals surface area contributed by atoms with E-state index < -0.39 is 29.8 Å². The second-order valence-corrected chi connectivity index (χ2v) is 12.6. The second kappa shape index (κ2) is 13.1. The van der Waals surface area contributed by atoms with Crippen molar-refractivity contribution in [1.29, 1.82) is 0 Å². The summed E-state index contributed by atoms with van der Waals surface area (Å²) in [5.41, 5.74) is 1.00. The van der Waals surface area contributed by atoms with Crippen LogP contribution in [0.4, 0.5) is 4.79 Å². The summed E-state index contributed by atoms with van der Waals surface area (Å²) in [5.74, 6) is -0.963. The quantitative estimate of drug-likeness (QED) is 0.489. The lowest BCUT2D eigenvalue weighted by Crippen LogP contribution is -2.74. The minimum atomic E-state index is -0.793. The average Bonchev–Trinajstić information content (AvgIpc) is 3.52. The van der Waals surface area contributed by atoms with Crippen LogP contribution in [-0.2, 0) is 19.1 Å². The molecule has 10 heteroatoms. The molecule has 5 amide bonds. The van der Waals surface area contributed by atoms with Gasteiger partial charge < -0.3 is 24.8 Å². The SMILES string of the molecule is CN1CCN(C(=O)COC2N(C(=O)N[C@@H]3CCCN3C(=O)C(c3ccccc3)c3ccccc3)C(=O)C23CCCCC3)CC1. The van der Waals surface area contributed by atoms with Crippen molar-refractivity contribution in [3.05, 3.63) is 71.8 Å². The topological polar surface area (TPSA) is 102 Å². The molecule has 44 heavy (non-hydrogen) atoms. The zero-order valence-corrected chi connectivity index (χ0v) is 25.5. The molecule has 1 spiro atoms. The summed E-state index contributed by atoms with van der Waals surface area (Å²) in [4.78, 5) is 61.4. The number of amides is 5. The number of carbonyl (C=O) groups is 4. The van der Waals surface area contributed by atoms with Crippen molar-refractivity contribution in [2.75, 3.05) is 46.4 Å². The highest BCUT2D eigenvalue weighted by molar-refractivity contribution is 6.03. The van der Waals surface area contributed by atoms with Gasteiger partial charge in [-0.3, -0.25) is 14.4 Å². The number of imide groups is 1. The zero-order chi connectivity index (χ0) is 30.7. The summed E-state index contributed by atoms with van der Waals surface area (Å²) in [6.45, 7) is 3.22. The lowest BCUT2D eigenvalue weighted by molar-refractivity contribution is -0.216. The van der Waals surface area contributed by atoms with E-state index in [9.17, 15) is 19.2 Å². The summed E-state index contributed by atoms with van der Waals surface area (Å²) in [6, 6.07) is 18.8. The van der Waals surface area contributed by atoms with Gasteiger partial charge in [-0.1, -0.05) is 79.9 Å². The molecule has 3 aliphatic heterocycles. The van der Waals surface area contributed by atoms with Crippen LogP contribution in [0.3, 0.4) is 0 Å². The van der Waals surface area contributed by atoms with E-state index in [0.29, 0.717) is 38.9 Å². The molecular weight excluding hydrogens is 558 g/mol. The van der Waals surface area contributed by atoms with Gasteiger partial charge in [0.15, 0.2) is 6.23 Å². The summed E-state index contributed by atoms with van der Waals surface area (Å²) in [7, 11) is 2.03. The standard InChI is InChI=1S/C34H43N5O5/c1-36-20-22-37(23-21-36)28(40)24-44-32-34(17-9-4-10-18-34)31(42)39(32)33(43)35-27-16-11-19-38(27)30(41)29(25-12-5-2-6-13-25)26-14-7-3-8-15-26/h2-3,5-8,12-15,27,29,32H,4,9-11,16-24H2,1H3,(H,35,43)/t27-,32?/m0/s1. The number of piperazine rings is 1. The Morgan fingerprint density at radius 2 is 1.48 bits per heavy atom. The normalized spacial score (nSPS) is 23.6. The summed E-state index contributed by atoms with van der Waals surface area (Å²) in [6.07, 6.45) is 4.10. The molecule has 2 atom stereocenters. The van der Waals surface area contributed by atoms with Crippen LogP contribution in [0.5, 0.6) is 0 Å². The minimum Gasteiger partial charge on any atom is -0.347 e. The molecule has 6 rings (SSSR count). The number of likely N-dealkylation sites (N-methyl/N-ethyl adjacent to an activating group) is 1. The predicted molar refractivity (Wildman–Crippen MR) is 164 cm³/mol. The number of carbonyl (C=O) groups excluding carboxylic acids is 4. The monoisotopic (exact) mass is 601 g/mol. The fourth-order valence-corrected chi connectivity index (χ4v) is 7.33. The van der Waals surface area contributed by atoms with E-state index in [4.69, 9.17) is 4.74 Å². The molecule has 10 nitrogen and oxygen atoms in total. The maximum Gasteiger partial charge on any atom is 0.327 e. The van der Waals surface area contributed by atoms with Crippen LogP contribution in [0.15, 0.2) is 60.7 Å². The fraction of sp³-hybridized carbons (Fsp3) is 0.529. The van der Waals surface area contributed by atoms with Crippen LogP contribution in [-0.4, -0.2) is 102 Å². The number of nitrogens with one attached hydrogen (secondary N) is 1. The van der Waals surface area contributed by atoms with E-state index in [2.05, 4.69) is 10.2 Å². The van der Waals surface area contributed by atoms with Crippen LogP contribution in [0.25, 0.3) is 0 Å². The van der Waals surface area contributed by atoms with Crippen molar-refractivity contribution >= 4 is 23.8 Å². The smallest absolute Gasteiger partial charge is 0.327 e. The van der Waals surface area contributed by atoms with Crippen LogP contribution in [0.2, 0.25) is 0 Å². The second-order valence-electron chi connectivity index (χ2n) is 12.6. The molecule has 0 radical (unpaired) electrons. The Balaban J connectivity index is 1.16. The fourth-order valence-electron chi connectivity index (χ4n) is 7.33. The third kappa shape index (κ3) is 5.85. The Bertz CT molecular complexity index is 1300. The van der Waals surface area contributed by atoms with Gasteiger partial charge in [0.2, 0.25) is 17.7 Å². The first-order valence-corrected chi connectivity index (χ1v) is 16.0. The number of urea groups is 1. The number of hydrogen-bond donors (Lipinski definition) is 1. The first-order valence-electron chi connectivity index (χ1n) is 16.0. The number of rotatable bonds is 7. The van der Waals surface area contributed by atoms with Gasteiger partial charge in [0.1, 0.15) is 12.8 Å². The highest BCUT2D eigenvalue weighted by Gasteiger charge is 2.64. The molecule has 3 heterocycles. The predicted octanol–water partition coefficient (Wildman–Crippen LogP) is 3.39. The molecule has 1 saturated carbocycles. The van der Waals surface area contributed by atoms with Gasteiger partial charge in [-0.2, -0.15) is 0 Å². The average molecular weight is 602 g/mol. The van der Waals surface area contributed by atoms with Crippen LogP contribution in [0.1, 0.15) is 62.0 Å². The molecule has 2 aromatic rings. The molecule has 2 aromatic carbocycles. The molecular formula is C34H43N5O5. The Kier molecular flexibility index (Phi) is 9.00. The molecule has 3 saturated heterocycles. The Labute approximate surface area is 259 Å². The van der Waals surface area contributed by atoms with Crippen molar-refractivity contribution in [3.8, 4) is 0 Å². The molecule has 0 bridgehead atoms. The van der Waals surface area contributed by atoms with Gasteiger partial charge in [0.25, 0.3) is 0 Å². The summed E-state index contributed by atoms with van der Waals surface area (Å²) >= 11 is 0. The van der Waals surface area contributed by atoms with E-state index in [0.717, 1.165) is 54.8 Å². The van der Waals surface area contributed by atoms with E-state index in [-0.39, 0.29) is 24.3 Å². The number of likely N-dealkylation sites (tertiary alicyclic amines) is 2. The van der Waals surface area contributed by atoms with Gasteiger partial charge in [-0.05, 0) is 43.9 Å². The Morgan fingerprint density at radius 1 is 0.864 bits per heavy atom. The maximum absolute atomic E-state index is 14.1. The van der Waals surface area contributed by atoms with Crippen LogP contribution < -0.4 is 5.32 Å². The van der Waals surface area contributed by atoms with E-state index in [1.807, 2.05) is 67.7 Å². The lowest BCUT2D eigenvalue weighted by Gasteiger charge is -2.55. The maximum atomic E-state index is 14.1. The van der Waals surface area contributed by atoms with Gasteiger partial charge in [-0.15, -0.1) is 0 Å².